The van der Waals surface area contributed by atoms with Crippen molar-refractivity contribution in [2.45, 2.75) is 18.9 Å². The van der Waals surface area contributed by atoms with Gasteiger partial charge in [0.1, 0.15) is 11.6 Å². The zero-order chi connectivity index (χ0) is 17.4. The summed E-state index contributed by atoms with van der Waals surface area (Å²) >= 11 is 0. The molecule has 0 bridgehead atoms. The van der Waals surface area contributed by atoms with Crippen molar-refractivity contribution in [3.8, 4) is 0 Å². The maximum absolute atomic E-state index is 13.2. The molecule has 2 aromatic rings. The Bertz CT molecular complexity index is 856. The summed E-state index contributed by atoms with van der Waals surface area (Å²) in [6, 6.07) is 5.33. The van der Waals surface area contributed by atoms with Gasteiger partial charge in [0.15, 0.2) is 0 Å². The molecule has 124 valence electrons. The van der Waals surface area contributed by atoms with Crippen molar-refractivity contribution in [2.75, 3.05) is 19.4 Å². The Kier molecular flexibility index (Phi) is 4.58. The average molecular weight is 340 g/mol. The fraction of sp³-hybridized carbons (Fsp3) is 0.267. The summed E-state index contributed by atoms with van der Waals surface area (Å²) in [5.74, 6) is -0.721. The van der Waals surface area contributed by atoms with Gasteiger partial charge in [-0.3, -0.25) is 4.79 Å². The summed E-state index contributed by atoms with van der Waals surface area (Å²) in [6.45, 7) is 3.08. The van der Waals surface area contributed by atoms with Gasteiger partial charge in [-0.1, -0.05) is 0 Å². The number of anilines is 1. The fourth-order valence-corrected chi connectivity index (χ4v) is 2.77. The first-order valence-corrected chi connectivity index (χ1v) is 8.17. The number of halogens is 1. The molecular weight excluding hydrogens is 323 g/mol. The Balaban J connectivity index is 2.30. The number of hydrogen-bond acceptors (Lipinski definition) is 4. The predicted molar refractivity (Wildman–Crippen MR) is 83.4 cm³/mol. The largest absolute Gasteiger partial charge is 0.448 e. The van der Waals surface area contributed by atoms with Crippen molar-refractivity contribution in [1.29, 1.82) is 0 Å². The summed E-state index contributed by atoms with van der Waals surface area (Å²) < 4.78 is 43.5. The molecule has 23 heavy (non-hydrogen) atoms. The van der Waals surface area contributed by atoms with E-state index in [9.17, 15) is 17.6 Å². The van der Waals surface area contributed by atoms with Gasteiger partial charge in [0.05, 0.1) is 5.56 Å². The monoisotopic (exact) mass is 340 g/mol. The van der Waals surface area contributed by atoms with Crippen molar-refractivity contribution in [2.24, 2.45) is 0 Å². The van der Waals surface area contributed by atoms with Gasteiger partial charge in [-0.05, 0) is 37.6 Å². The maximum Gasteiger partial charge on any atom is 0.275 e. The number of sulfonamides is 1. The second kappa shape index (κ2) is 6.13. The SMILES string of the molecule is Cc1cc(NC(=O)c2cc(S(=O)(=O)N(C)C)oc2C)ccc1F. The Morgan fingerprint density at radius 1 is 1.22 bits per heavy atom. The molecule has 0 saturated carbocycles. The first kappa shape index (κ1) is 17.2. The van der Waals surface area contributed by atoms with E-state index in [1.807, 2.05) is 0 Å². The molecule has 0 aliphatic carbocycles. The van der Waals surface area contributed by atoms with Crippen LogP contribution in [0.15, 0.2) is 33.8 Å². The van der Waals surface area contributed by atoms with Gasteiger partial charge in [-0.2, -0.15) is 0 Å². The van der Waals surface area contributed by atoms with E-state index in [-0.39, 0.29) is 22.2 Å². The molecule has 1 heterocycles. The van der Waals surface area contributed by atoms with Crippen LogP contribution in [0.25, 0.3) is 0 Å². The fourth-order valence-electron chi connectivity index (χ4n) is 1.91. The van der Waals surface area contributed by atoms with Gasteiger partial charge in [0, 0.05) is 25.8 Å². The van der Waals surface area contributed by atoms with E-state index in [2.05, 4.69) is 5.32 Å². The lowest BCUT2D eigenvalue weighted by Gasteiger charge is -2.07. The number of rotatable bonds is 4. The number of amides is 1. The van der Waals surface area contributed by atoms with E-state index < -0.39 is 15.9 Å². The highest BCUT2D eigenvalue weighted by Crippen LogP contribution is 2.22. The number of hydrogen-bond donors (Lipinski definition) is 1. The Morgan fingerprint density at radius 3 is 2.43 bits per heavy atom. The number of aryl methyl sites for hydroxylation is 2. The summed E-state index contributed by atoms with van der Waals surface area (Å²) in [6.07, 6.45) is 0. The number of carbonyl (C=O) groups excluding carboxylic acids is 1. The Morgan fingerprint density at radius 2 is 1.87 bits per heavy atom. The van der Waals surface area contributed by atoms with Gasteiger partial charge in [0.2, 0.25) is 5.09 Å². The summed E-state index contributed by atoms with van der Waals surface area (Å²) in [5, 5.41) is 2.28. The molecule has 1 aromatic carbocycles. The lowest BCUT2D eigenvalue weighted by atomic mass is 10.2. The van der Waals surface area contributed by atoms with Crippen LogP contribution in [0, 0.1) is 19.7 Å². The number of furan rings is 1. The summed E-state index contributed by atoms with van der Waals surface area (Å²) in [7, 11) is -1.02. The van der Waals surface area contributed by atoms with Crippen LogP contribution in [0.4, 0.5) is 10.1 Å². The van der Waals surface area contributed by atoms with Crippen LogP contribution >= 0.6 is 0 Å². The molecule has 1 aromatic heterocycles. The highest BCUT2D eigenvalue weighted by Gasteiger charge is 2.25. The van der Waals surface area contributed by atoms with Gasteiger partial charge < -0.3 is 9.73 Å². The molecule has 0 saturated heterocycles. The minimum absolute atomic E-state index is 0.104. The van der Waals surface area contributed by atoms with E-state index in [0.29, 0.717) is 11.3 Å². The molecule has 0 aliphatic heterocycles. The molecule has 1 amide bonds. The molecular formula is C15H17FN2O4S. The van der Waals surface area contributed by atoms with Crippen molar-refractivity contribution in [3.05, 3.63) is 47.0 Å². The predicted octanol–water partition coefficient (Wildman–Crippen LogP) is 2.54. The maximum atomic E-state index is 13.2. The quantitative estimate of drug-likeness (QED) is 0.927. The number of benzene rings is 1. The standard InChI is InChI=1S/C15H17FN2O4S/c1-9-7-11(5-6-13(9)16)17-15(19)12-8-14(22-10(12)2)23(20,21)18(3)4/h5-8H,1-4H3,(H,17,19). The first-order chi connectivity index (χ1) is 10.6. The van der Waals surface area contributed by atoms with Crippen LogP contribution in [0.3, 0.4) is 0 Å². The highest BCUT2D eigenvalue weighted by molar-refractivity contribution is 7.88. The highest BCUT2D eigenvalue weighted by atomic mass is 32.2. The Hall–Kier alpha value is -2.19. The van der Waals surface area contributed by atoms with Crippen LogP contribution in [0.5, 0.6) is 0 Å². The van der Waals surface area contributed by atoms with Gasteiger partial charge in [-0.15, -0.1) is 0 Å². The van der Waals surface area contributed by atoms with E-state index in [1.54, 1.807) is 6.92 Å². The van der Waals surface area contributed by atoms with Crippen LogP contribution in [-0.4, -0.2) is 32.7 Å². The summed E-state index contributed by atoms with van der Waals surface area (Å²) in [5.41, 5.74) is 0.904. The second-order valence-corrected chi connectivity index (χ2v) is 7.32. The topological polar surface area (TPSA) is 79.6 Å². The molecule has 6 nitrogen and oxygen atoms in total. The zero-order valence-corrected chi connectivity index (χ0v) is 14.0. The third kappa shape index (κ3) is 3.43. The second-order valence-electron chi connectivity index (χ2n) is 5.24. The van der Waals surface area contributed by atoms with Crippen LogP contribution < -0.4 is 5.32 Å². The van der Waals surface area contributed by atoms with E-state index >= 15 is 0 Å². The molecule has 1 N–H and O–H groups in total. The average Bonchev–Trinajstić information content (AvgIpc) is 2.85. The van der Waals surface area contributed by atoms with Crippen molar-refractivity contribution >= 4 is 21.6 Å². The molecule has 0 unspecified atom stereocenters. The van der Waals surface area contributed by atoms with Crippen LogP contribution in [0.1, 0.15) is 21.7 Å². The normalized spacial score (nSPS) is 11.7. The van der Waals surface area contributed by atoms with Gasteiger partial charge in [0.25, 0.3) is 15.9 Å². The Labute approximate surface area is 134 Å². The van der Waals surface area contributed by atoms with E-state index in [1.165, 1.54) is 45.3 Å². The molecule has 0 radical (unpaired) electrons. The first-order valence-electron chi connectivity index (χ1n) is 6.73. The van der Waals surface area contributed by atoms with Gasteiger partial charge in [-0.25, -0.2) is 17.1 Å². The zero-order valence-electron chi connectivity index (χ0n) is 13.2. The minimum atomic E-state index is -3.76. The van der Waals surface area contributed by atoms with Crippen LogP contribution in [-0.2, 0) is 10.0 Å². The summed E-state index contributed by atoms with van der Waals surface area (Å²) in [4.78, 5) is 12.3. The third-order valence-corrected chi connectivity index (χ3v) is 4.96. The molecule has 2 rings (SSSR count). The third-order valence-electron chi connectivity index (χ3n) is 3.29. The minimum Gasteiger partial charge on any atom is -0.448 e. The van der Waals surface area contributed by atoms with Crippen molar-refractivity contribution in [1.82, 2.24) is 4.31 Å². The van der Waals surface area contributed by atoms with E-state index in [4.69, 9.17) is 4.42 Å². The molecule has 0 aliphatic rings. The van der Waals surface area contributed by atoms with Gasteiger partial charge >= 0.3 is 0 Å². The molecule has 0 fully saturated rings. The number of carbonyl (C=O) groups is 1. The van der Waals surface area contributed by atoms with Crippen molar-refractivity contribution in [3.63, 3.8) is 0 Å². The number of nitrogens with one attached hydrogen (secondary N) is 1. The molecule has 8 heteroatoms. The van der Waals surface area contributed by atoms with Crippen LogP contribution in [0.2, 0.25) is 0 Å². The molecule has 0 spiro atoms. The lowest BCUT2D eigenvalue weighted by molar-refractivity contribution is 0.102. The van der Waals surface area contributed by atoms with Crippen molar-refractivity contribution < 1.29 is 22.0 Å². The van der Waals surface area contributed by atoms with E-state index in [0.717, 1.165) is 4.31 Å². The lowest BCUT2D eigenvalue weighted by Crippen LogP contribution is -2.21. The number of nitrogens with zero attached hydrogens (tertiary/aromatic N) is 1. The smallest absolute Gasteiger partial charge is 0.275 e. The molecule has 0 atom stereocenters.